The Labute approximate surface area is 107 Å². The van der Waals surface area contributed by atoms with Crippen molar-refractivity contribution in [2.75, 3.05) is 0 Å². The largest absolute Gasteiger partial charge is 0.332 e. The molecule has 0 fully saturated rings. The molecular weight excluding hydrogens is 226 g/mol. The molecule has 2 rings (SSSR count). The highest BCUT2D eigenvalue weighted by molar-refractivity contribution is 5.38. The summed E-state index contributed by atoms with van der Waals surface area (Å²) < 4.78 is 3.62. The Hall–Kier alpha value is -1.81. The van der Waals surface area contributed by atoms with E-state index in [0.29, 0.717) is 6.04 Å². The van der Waals surface area contributed by atoms with E-state index in [1.807, 2.05) is 54.3 Å². The van der Waals surface area contributed by atoms with E-state index in [9.17, 15) is 4.79 Å². The topological polar surface area (TPSA) is 43.5 Å². The van der Waals surface area contributed by atoms with E-state index in [1.54, 1.807) is 4.68 Å². The van der Waals surface area contributed by atoms with Gasteiger partial charge in [-0.25, -0.2) is 4.68 Å². The molecular formula is C14H20N3O+. The first-order valence-electron chi connectivity index (χ1n) is 6.21. The average Bonchev–Trinajstić information content (AvgIpc) is 2.54. The molecule has 0 aliphatic rings. The van der Waals surface area contributed by atoms with E-state index < -0.39 is 0 Å². The molecule has 1 aromatic carbocycles. The van der Waals surface area contributed by atoms with Gasteiger partial charge in [0.1, 0.15) is 0 Å². The van der Waals surface area contributed by atoms with Gasteiger partial charge in [-0.1, -0.05) is 18.2 Å². The van der Waals surface area contributed by atoms with Crippen LogP contribution < -0.4 is 10.9 Å². The number of rotatable bonds is 3. The van der Waals surface area contributed by atoms with Gasteiger partial charge < -0.3 is 5.32 Å². The van der Waals surface area contributed by atoms with Gasteiger partial charge in [-0.05, 0) is 32.9 Å². The first kappa shape index (κ1) is 12.6. The van der Waals surface area contributed by atoms with Crippen molar-refractivity contribution in [3.63, 3.8) is 0 Å². The van der Waals surface area contributed by atoms with Crippen molar-refractivity contribution in [2.45, 2.75) is 26.8 Å². The fourth-order valence-electron chi connectivity index (χ4n) is 2.11. The predicted octanol–water partition coefficient (Wildman–Crippen LogP) is 1.09. The molecule has 0 bridgehead atoms. The minimum atomic E-state index is 0.0508. The fraction of sp³-hybridized carbons (Fsp3) is 0.357. The summed E-state index contributed by atoms with van der Waals surface area (Å²) in [6.07, 6.45) is 0. The summed E-state index contributed by atoms with van der Waals surface area (Å²) in [5, 5.41) is 2.02. The first-order valence-corrected chi connectivity index (χ1v) is 6.21. The predicted molar refractivity (Wildman–Crippen MR) is 72.5 cm³/mol. The summed E-state index contributed by atoms with van der Waals surface area (Å²) in [4.78, 5) is 12.5. The number of nitrogens with zero attached hydrogens (tertiary/aromatic N) is 2. The van der Waals surface area contributed by atoms with Crippen LogP contribution in [-0.2, 0) is 7.05 Å². The molecule has 18 heavy (non-hydrogen) atoms. The van der Waals surface area contributed by atoms with Crippen LogP contribution in [0.5, 0.6) is 0 Å². The van der Waals surface area contributed by atoms with Gasteiger partial charge in [0.05, 0.1) is 17.4 Å². The minimum absolute atomic E-state index is 0.0508. The maximum absolute atomic E-state index is 12.5. The highest BCUT2D eigenvalue weighted by Gasteiger charge is 2.19. The van der Waals surface area contributed by atoms with Crippen molar-refractivity contribution < 1.29 is 5.32 Å². The Morgan fingerprint density at radius 3 is 2.33 bits per heavy atom. The SMILES string of the molecule is Cc1c([NH2+]C(C)C)c(=O)n(-c2ccccc2)n1C. The summed E-state index contributed by atoms with van der Waals surface area (Å²) >= 11 is 0. The number of benzene rings is 1. The van der Waals surface area contributed by atoms with Crippen molar-refractivity contribution >= 4 is 5.69 Å². The molecule has 2 aromatic rings. The first-order chi connectivity index (χ1) is 8.52. The van der Waals surface area contributed by atoms with Crippen LogP contribution in [0, 0.1) is 6.92 Å². The number of quaternary nitrogens is 1. The van der Waals surface area contributed by atoms with E-state index >= 15 is 0 Å². The minimum Gasteiger partial charge on any atom is -0.305 e. The highest BCUT2D eigenvalue weighted by atomic mass is 16.1. The molecule has 1 heterocycles. The number of para-hydroxylation sites is 1. The van der Waals surface area contributed by atoms with Gasteiger partial charge in [0, 0.05) is 7.05 Å². The van der Waals surface area contributed by atoms with Gasteiger partial charge in [0.15, 0.2) is 0 Å². The van der Waals surface area contributed by atoms with Gasteiger partial charge >= 0.3 is 5.56 Å². The van der Waals surface area contributed by atoms with Crippen molar-refractivity contribution in [3.8, 4) is 5.69 Å². The Bertz CT molecular complexity index is 593. The molecule has 0 aliphatic heterocycles. The molecule has 0 atom stereocenters. The standard InChI is InChI=1S/C14H19N3O/c1-10(2)15-13-11(3)16(4)17(14(13)18)12-8-6-5-7-9-12/h5-10,15H,1-4H3/p+1. The molecule has 4 heteroatoms. The number of aromatic nitrogens is 2. The van der Waals surface area contributed by atoms with Crippen molar-refractivity contribution in [1.82, 2.24) is 9.36 Å². The van der Waals surface area contributed by atoms with Crippen LogP contribution in [0.1, 0.15) is 19.5 Å². The van der Waals surface area contributed by atoms with Crippen molar-refractivity contribution in [1.29, 1.82) is 0 Å². The number of hydrogen-bond donors (Lipinski definition) is 1. The average molecular weight is 246 g/mol. The van der Waals surface area contributed by atoms with Crippen LogP contribution in [0.25, 0.3) is 5.69 Å². The normalized spacial score (nSPS) is 11.2. The molecule has 0 aliphatic carbocycles. The Morgan fingerprint density at radius 2 is 1.78 bits per heavy atom. The van der Waals surface area contributed by atoms with E-state index in [-0.39, 0.29) is 5.56 Å². The van der Waals surface area contributed by atoms with E-state index in [1.165, 1.54) is 0 Å². The van der Waals surface area contributed by atoms with Gasteiger partial charge in [-0.2, -0.15) is 0 Å². The highest BCUT2D eigenvalue weighted by Crippen LogP contribution is 2.10. The van der Waals surface area contributed by atoms with Gasteiger partial charge in [-0.3, -0.25) is 9.48 Å². The van der Waals surface area contributed by atoms with Crippen LogP contribution >= 0.6 is 0 Å². The lowest BCUT2D eigenvalue weighted by atomic mass is 10.3. The zero-order valence-corrected chi connectivity index (χ0v) is 11.3. The zero-order valence-electron chi connectivity index (χ0n) is 11.3. The van der Waals surface area contributed by atoms with Crippen molar-refractivity contribution in [2.24, 2.45) is 7.05 Å². The smallest absolute Gasteiger partial charge is 0.305 e. The second kappa shape index (κ2) is 4.82. The Balaban J connectivity index is 2.60. The summed E-state index contributed by atoms with van der Waals surface area (Å²) in [6, 6.07) is 10.1. The summed E-state index contributed by atoms with van der Waals surface area (Å²) in [5.41, 5.74) is 2.75. The van der Waals surface area contributed by atoms with E-state index in [2.05, 4.69) is 13.8 Å². The Kier molecular flexibility index (Phi) is 3.39. The van der Waals surface area contributed by atoms with Gasteiger partial charge in [0.2, 0.25) is 5.69 Å². The molecule has 0 saturated carbocycles. The third kappa shape index (κ3) is 2.11. The third-order valence-corrected chi connectivity index (χ3v) is 3.10. The lowest BCUT2D eigenvalue weighted by molar-refractivity contribution is -0.604. The monoisotopic (exact) mass is 246 g/mol. The third-order valence-electron chi connectivity index (χ3n) is 3.10. The second-order valence-electron chi connectivity index (χ2n) is 4.89. The molecule has 1 aromatic heterocycles. The molecule has 0 radical (unpaired) electrons. The van der Waals surface area contributed by atoms with Gasteiger partial charge in [-0.15, -0.1) is 0 Å². The van der Waals surface area contributed by atoms with Gasteiger partial charge in [0.25, 0.3) is 0 Å². The maximum atomic E-state index is 12.5. The lowest BCUT2D eigenvalue weighted by Gasteiger charge is -2.06. The maximum Gasteiger partial charge on any atom is 0.332 e. The molecule has 96 valence electrons. The lowest BCUT2D eigenvalue weighted by Crippen LogP contribution is -2.84. The Morgan fingerprint density at radius 1 is 1.17 bits per heavy atom. The van der Waals surface area contributed by atoms with Crippen molar-refractivity contribution in [3.05, 3.63) is 46.4 Å². The summed E-state index contributed by atoms with van der Waals surface area (Å²) in [6.45, 7) is 6.15. The number of nitrogens with two attached hydrogens (primary N) is 1. The van der Waals surface area contributed by atoms with E-state index in [0.717, 1.165) is 17.1 Å². The molecule has 2 N–H and O–H groups in total. The van der Waals surface area contributed by atoms with Crippen LogP contribution in [0.15, 0.2) is 35.1 Å². The molecule has 0 spiro atoms. The fourth-order valence-corrected chi connectivity index (χ4v) is 2.11. The van der Waals surface area contributed by atoms with E-state index in [4.69, 9.17) is 0 Å². The molecule has 4 nitrogen and oxygen atoms in total. The molecule has 0 amide bonds. The van der Waals surface area contributed by atoms with Crippen LogP contribution in [0.3, 0.4) is 0 Å². The number of hydrogen-bond acceptors (Lipinski definition) is 1. The van der Waals surface area contributed by atoms with Crippen LogP contribution in [0.2, 0.25) is 0 Å². The zero-order chi connectivity index (χ0) is 13.3. The summed E-state index contributed by atoms with van der Waals surface area (Å²) in [5.74, 6) is 0. The molecule has 0 saturated heterocycles. The van der Waals surface area contributed by atoms with Crippen LogP contribution in [-0.4, -0.2) is 15.4 Å². The van der Waals surface area contributed by atoms with Crippen LogP contribution in [0.4, 0.5) is 5.69 Å². The quantitative estimate of drug-likeness (QED) is 0.865. The molecule has 0 unspecified atom stereocenters. The second-order valence-corrected chi connectivity index (χ2v) is 4.89. The summed E-state index contributed by atoms with van der Waals surface area (Å²) in [7, 11) is 1.92.